The average Bonchev–Trinajstić information content (AvgIpc) is 2.93. The Bertz CT molecular complexity index is 543. The molecule has 0 radical (unpaired) electrons. The summed E-state index contributed by atoms with van der Waals surface area (Å²) >= 11 is 6.25. The fourth-order valence-corrected chi connectivity index (χ4v) is 2.91. The number of hydrogen-bond donors (Lipinski definition) is 2. The lowest BCUT2D eigenvalue weighted by molar-refractivity contribution is -0.119. The number of nitrogens with one attached hydrogen (secondary N) is 1. The molecule has 0 saturated carbocycles. The minimum absolute atomic E-state index is 0. The van der Waals surface area contributed by atoms with E-state index in [4.69, 9.17) is 26.8 Å². The van der Waals surface area contributed by atoms with Crippen molar-refractivity contribution in [2.75, 3.05) is 33.9 Å². The van der Waals surface area contributed by atoms with Crippen LogP contribution in [0.15, 0.2) is 12.1 Å². The molecule has 0 spiro atoms. The monoisotopic (exact) mass is 363 g/mol. The van der Waals surface area contributed by atoms with E-state index in [9.17, 15) is 4.79 Å². The Morgan fingerprint density at radius 2 is 2.26 bits per heavy atom. The lowest BCUT2D eigenvalue weighted by Crippen LogP contribution is -2.29. The molecule has 3 N–H and O–H groups in total. The number of carbonyl (C=O) groups is 1. The maximum absolute atomic E-state index is 10.8. The average molecular weight is 364 g/mol. The highest BCUT2D eigenvalue weighted by molar-refractivity contribution is 6.32. The molecule has 1 aromatic rings. The van der Waals surface area contributed by atoms with Crippen LogP contribution in [-0.2, 0) is 11.3 Å². The minimum Gasteiger partial charge on any atom is -0.493 e. The van der Waals surface area contributed by atoms with Gasteiger partial charge < -0.3 is 20.5 Å². The van der Waals surface area contributed by atoms with Crippen molar-refractivity contribution in [2.24, 2.45) is 5.73 Å². The van der Waals surface area contributed by atoms with Crippen molar-refractivity contribution in [2.45, 2.75) is 19.0 Å². The van der Waals surface area contributed by atoms with E-state index >= 15 is 0 Å². The molecule has 6 nitrogen and oxygen atoms in total. The van der Waals surface area contributed by atoms with E-state index in [-0.39, 0.29) is 19.0 Å². The first-order valence-electron chi connectivity index (χ1n) is 7.20. The Kier molecular flexibility index (Phi) is 7.91. The lowest BCUT2D eigenvalue weighted by atomic mass is 10.2. The number of hydrogen-bond acceptors (Lipinski definition) is 5. The molecule has 1 aliphatic rings. The standard InChI is InChI=1S/C15H22ClN3O3.ClH/c1-18-11-3-4-19(8-11)7-10-5-12(16)15(13(6-10)21-2)22-9-14(17)20;/h5-6,11,18H,3-4,7-9H2,1-2H3,(H2,17,20);1H. The Morgan fingerprint density at radius 3 is 2.83 bits per heavy atom. The van der Waals surface area contributed by atoms with Crippen molar-refractivity contribution < 1.29 is 14.3 Å². The molecule has 0 aromatic heterocycles. The number of methoxy groups -OCH3 is 1. The maximum Gasteiger partial charge on any atom is 0.255 e. The van der Waals surface area contributed by atoms with Crippen molar-refractivity contribution in [3.63, 3.8) is 0 Å². The van der Waals surface area contributed by atoms with Gasteiger partial charge in [-0.1, -0.05) is 11.6 Å². The van der Waals surface area contributed by atoms with Crippen LogP contribution in [-0.4, -0.2) is 50.7 Å². The molecule has 1 heterocycles. The van der Waals surface area contributed by atoms with Gasteiger partial charge in [-0.15, -0.1) is 12.4 Å². The maximum atomic E-state index is 10.8. The number of likely N-dealkylation sites (N-methyl/N-ethyl adjacent to an activating group) is 1. The van der Waals surface area contributed by atoms with Crippen molar-refractivity contribution >= 4 is 29.9 Å². The fraction of sp³-hybridized carbons (Fsp3) is 0.533. The molecule has 1 amide bonds. The van der Waals surface area contributed by atoms with E-state index in [0.717, 1.165) is 31.6 Å². The lowest BCUT2D eigenvalue weighted by Gasteiger charge is -2.18. The number of amides is 1. The zero-order valence-corrected chi connectivity index (χ0v) is 14.9. The van der Waals surface area contributed by atoms with Gasteiger partial charge in [-0.2, -0.15) is 0 Å². The van der Waals surface area contributed by atoms with Crippen molar-refractivity contribution in [1.29, 1.82) is 0 Å². The van der Waals surface area contributed by atoms with E-state index < -0.39 is 5.91 Å². The summed E-state index contributed by atoms with van der Waals surface area (Å²) in [5.41, 5.74) is 6.13. The zero-order chi connectivity index (χ0) is 16.1. The number of carbonyl (C=O) groups excluding carboxylic acids is 1. The molecular weight excluding hydrogens is 341 g/mol. The summed E-state index contributed by atoms with van der Waals surface area (Å²) in [6, 6.07) is 4.26. The summed E-state index contributed by atoms with van der Waals surface area (Å²) in [4.78, 5) is 13.2. The van der Waals surface area contributed by atoms with Gasteiger partial charge in [0.1, 0.15) is 0 Å². The van der Waals surface area contributed by atoms with Gasteiger partial charge >= 0.3 is 0 Å². The third-order valence-electron chi connectivity index (χ3n) is 3.73. The topological polar surface area (TPSA) is 76.8 Å². The molecule has 1 fully saturated rings. The second-order valence-electron chi connectivity index (χ2n) is 5.37. The summed E-state index contributed by atoms with van der Waals surface area (Å²) in [5.74, 6) is 0.298. The minimum atomic E-state index is -0.558. The van der Waals surface area contributed by atoms with Crippen LogP contribution in [0, 0.1) is 0 Å². The van der Waals surface area contributed by atoms with Gasteiger partial charge in [0.25, 0.3) is 5.91 Å². The SMILES string of the molecule is CNC1CCN(Cc2cc(Cl)c(OCC(N)=O)c(OC)c2)C1.Cl. The summed E-state index contributed by atoms with van der Waals surface area (Å²) in [6.45, 7) is 2.62. The fourth-order valence-electron chi connectivity index (χ4n) is 2.62. The Balaban J connectivity index is 0.00000264. The van der Waals surface area contributed by atoms with Crippen LogP contribution in [0.1, 0.15) is 12.0 Å². The molecule has 23 heavy (non-hydrogen) atoms. The third-order valence-corrected chi connectivity index (χ3v) is 4.02. The Hall–Kier alpha value is -1.21. The summed E-state index contributed by atoms with van der Waals surface area (Å²) in [5, 5.41) is 3.71. The molecule has 2 rings (SSSR count). The molecule has 8 heteroatoms. The van der Waals surface area contributed by atoms with E-state index in [2.05, 4.69) is 10.2 Å². The Labute approximate surface area is 147 Å². The number of rotatable bonds is 7. The van der Waals surface area contributed by atoms with E-state index in [1.807, 2.05) is 19.2 Å². The summed E-state index contributed by atoms with van der Waals surface area (Å²) < 4.78 is 10.6. The highest BCUT2D eigenvalue weighted by atomic mass is 35.5. The molecule has 1 atom stereocenters. The van der Waals surface area contributed by atoms with Crippen molar-refractivity contribution in [3.05, 3.63) is 22.7 Å². The molecule has 1 aromatic carbocycles. The number of benzene rings is 1. The van der Waals surface area contributed by atoms with Crippen LogP contribution in [0.5, 0.6) is 11.5 Å². The molecule has 1 saturated heterocycles. The van der Waals surface area contributed by atoms with Gasteiger partial charge in [0.05, 0.1) is 12.1 Å². The number of nitrogens with zero attached hydrogens (tertiary/aromatic N) is 1. The van der Waals surface area contributed by atoms with Gasteiger partial charge in [-0.3, -0.25) is 9.69 Å². The number of halogens is 2. The molecule has 130 valence electrons. The third kappa shape index (κ3) is 5.42. The molecule has 1 unspecified atom stereocenters. The van der Waals surface area contributed by atoms with Crippen LogP contribution in [0.2, 0.25) is 5.02 Å². The first-order chi connectivity index (χ1) is 10.5. The second-order valence-corrected chi connectivity index (χ2v) is 5.78. The van der Waals surface area contributed by atoms with Crippen LogP contribution < -0.4 is 20.5 Å². The summed E-state index contributed by atoms with van der Waals surface area (Å²) in [7, 11) is 3.53. The number of nitrogens with two attached hydrogens (primary N) is 1. The van der Waals surface area contributed by atoms with Gasteiger partial charge in [-0.25, -0.2) is 0 Å². The summed E-state index contributed by atoms with van der Waals surface area (Å²) in [6.07, 6.45) is 1.14. The van der Waals surface area contributed by atoms with Crippen LogP contribution in [0.3, 0.4) is 0 Å². The van der Waals surface area contributed by atoms with Crippen LogP contribution in [0.25, 0.3) is 0 Å². The van der Waals surface area contributed by atoms with E-state index in [1.54, 1.807) is 7.11 Å². The number of ether oxygens (including phenoxy) is 2. The predicted molar refractivity (Wildman–Crippen MR) is 92.7 cm³/mol. The molecule has 0 bridgehead atoms. The van der Waals surface area contributed by atoms with Crippen LogP contribution in [0.4, 0.5) is 0 Å². The highest BCUT2D eigenvalue weighted by Crippen LogP contribution is 2.36. The van der Waals surface area contributed by atoms with E-state index in [1.165, 1.54) is 0 Å². The van der Waals surface area contributed by atoms with Gasteiger partial charge in [-0.05, 0) is 31.2 Å². The first kappa shape index (κ1) is 19.8. The number of primary amides is 1. The zero-order valence-electron chi connectivity index (χ0n) is 13.3. The molecule has 0 aliphatic carbocycles. The van der Waals surface area contributed by atoms with Gasteiger partial charge in [0.15, 0.2) is 18.1 Å². The molecule has 1 aliphatic heterocycles. The van der Waals surface area contributed by atoms with Crippen molar-refractivity contribution in [1.82, 2.24) is 10.2 Å². The van der Waals surface area contributed by atoms with Crippen molar-refractivity contribution in [3.8, 4) is 11.5 Å². The Morgan fingerprint density at radius 1 is 1.52 bits per heavy atom. The van der Waals surface area contributed by atoms with Gasteiger partial charge in [0.2, 0.25) is 0 Å². The largest absolute Gasteiger partial charge is 0.493 e. The first-order valence-corrected chi connectivity index (χ1v) is 7.58. The molecular formula is C15H23Cl2N3O3. The second kappa shape index (κ2) is 9.17. The number of likely N-dealkylation sites (tertiary alicyclic amines) is 1. The highest BCUT2D eigenvalue weighted by Gasteiger charge is 2.22. The smallest absolute Gasteiger partial charge is 0.255 e. The quantitative estimate of drug-likeness (QED) is 0.766. The van der Waals surface area contributed by atoms with Gasteiger partial charge in [0, 0.05) is 25.7 Å². The van der Waals surface area contributed by atoms with Crippen LogP contribution >= 0.6 is 24.0 Å². The van der Waals surface area contributed by atoms with E-state index in [0.29, 0.717) is 22.6 Å². The normalized spacial score (nSPS) is 17.6. The predicted octanol–water partition coefficient (Wildman–Crippen LogP) is 1.43.